The second-order valence-electron chi connectivity index (χ2n) is 5.46. The number of methoxy groups -OCH3 is 1. The van der Waals surface area contributed by atoms with Gasteiger partial charge in [0.05, 0.1) is 5.60 Å². The maximum absolute atomic E-state index is 5.89. The van der Waals surface area contributed by atoms with Crippen LogP contribution in [-0.4, -0.2) is 25.3 Å². The monoisotopic (exact) mass is 277 g/mol. The van der Waals surface area contributed by atoms with Gasteiger partial charge in [0.15, 0.2) is 0 Å². The first-order chi connectivity index (χ1) is 9.72. The molecule has 114 valence electrons. The molecule has 0 aliphatic carbocycles. The van der Waals surface area contributed by atoms with Crippen molar-refractivity contribution in [1.29, 1.82) is 0 Å². The van der Waals surface area contributed by atoms with Gasteiger partial charge in [0.25, 0.3) is 0 Å². The SMILES string of the molecule is CCNC(CCCc1ccccc1)C(CC)(CC)OC. The first kappa shape index (κ1) is 17.2. The summed E-state index contributed by atoms with van der Waals surface area (Å²) in [5.74, 6) is 0. The van der Waals surface area contributed by atoms with E-state index in [4.69, 9.17) is 4.74 Å². The first-order valence-corrected chi connectivity index (χ1v) is 8.04. The Bertz CT molecular complexity index is 337. The summed E-state index contributed by atoms with van der Waals surface area (Å²) in [6.07, 6.45) is 5.63. The molecular formula is C18H31NO. The molecule has 0 aromatic heterocycles. The summed E-state index contributed by atoms with van der Waals surface area (Å²) >= 11 is 0. The molecule has 0 heterocycles. The smallest absolute Gasteiger partial charge is 0.0825 e. The normalized spacial score (nSPS) is 13.4. The summed E-state index contributed by atoms with van der Waals surface area (Å²) < 4.78 is 5.89. The van der Waals surface area contributed by atoms with Crippen LogP contribution in [0.3, 0.4) is 0 Å². The highest BCUT2D eigenvalue weighted by atomic mass is 16.5. The lowest BCUT2D eigenvalue weighted by molar-refractivity contribution is -0.0494. The molecule has 1 aromatic rings. The molecule has 0 spiro atoms. The Kier molecular flexibility index (Phi) is 7.86. The molecule has 0 saturated heterocycles. The molecule has 2 nitrogen and oxygen atoms in total. The Morgan fingerprint density at radius 3 is 2.25 bits per heavy atom. The van der Waals surface area contributed by atoms with Crippen molar-refractivity contribution >= 4 is 0 Å². The van der Waals surface area contributed by atoms with Crippen LogP contribution in [0.5, 0.6) is 0 Å². The number of rotatable bonds is 10. The average Bonchev–Trinajstić information content (AvgIpc) is 2.50. The molecule has 1 unspecified atom stereocenters. The van der Waals surface area contributed by atoms with Crippen molar-refractivity contribution in [3.8, 4) is 0 Å². The molecule has 2 heteroatoms. The van der Waals surface area contributed by atoms with Crippen LogP contribution in [0, 0.1) is 0 Å². The first-order valence-electron chi connectivity index (χ1n) is 8.04. The molecule has 1 rings (SSSR count). The molecule has 0 fully saturated rings. The summed E-state index contributed by atoms with van der Waals surface area (Å²) in [7, 11) is 1.86. The second kappa shape index (κ2) is 9.15. The molecule has 0 aliphatic heterocycles. The van der Waals surface area contributed by atoms with Crippen molar-refractivity contribution in [2.45, 2.75) is 64.5 Å². The molecule has 0 radical (unpaired) electrons. The largest absolute Gasteiger partial charge is 0.377 e. The number of ether oxygens (including phenoxy) is 1. The van der Waals surface area contributed by atoms with Crippen molar-refractivity contribution in [2.24, 2.45) is 0 Å². The molecule has 1 N–H and O–H groups in total. The van der Waals surface area contributed by atoms with Crippen molar-refractivity contribution in [3.63, 3.8) is 0 Å². The molecule has 1 atom stereocenters. The van der Waals surface area contributed by atoms with E-state index in [-0.39, 0.29) is 5.60 Å². The van der Waals surface area contributed by atoms with Crippen LogP contribution in [0.25, 0.3) is 0 Å². The van der Waals surface area contributed by atoms with Crippen molar-refractivity contribution in [3.05, 3.63) is 35.9 Å². The van der Waals surface area contributed by atoms with Gasteiger partial charge in [-0.2, -0.15) is 0 Å². The van der Waals surface area contributed by atoms with Gasteiger partial charge in [0, 0.05) is 13.2 Å². The van der Waals surface area contributed by atoms with E-state index >= 15 is 0 Å². The number of nitrogens with one attached hydrogen (secondary N) is 1. The highest BCUT2D eigenvalue weighted by Crippen LogP contribution is 2.27. The van der Waals surface area contributed by atoms with Crippen molar-refractivity contribution in [2.75, 3.05) is 13.7 Å². The lowest BCUT2D eigenvalue weighted by atomic mass is 9.84. The minimum atomic E-state index is -0.0211. The fourth-order valence-electron chi connectivity index (χ4n) is 3.13. The number of hydrogen-bond donors (Lipinski definition) is 1. The van der Waals surface area contributed by atoms with Crippen LogP contribution in [0.1, 0.15) is 52.0 Å². The minimum Gasteiger partial charge on any atom is -0.377 e. The van der Waals surface area contributed by atoms with Crippen LogP contribution in [0.2, 0.25) is 0 Å². The van der Waals surface area contributed by atoms with Gasteiger partial charge in [-0.05, 0) is 44.2 Å². The third-order valence-electron chi connectivity index (χ3n) is 4.49. The van der Waals surface area contributed by atoms with Gasteiger partial charge in [0.1, 0.15) is 0 Å². The number of likely N-dealkylation sites (N-methyl/N-ethyl adjacent to an activating group) is 1. The Morgan fingerprint density at radius 2 is 1.75 bits per heavy atom. The zero-order valence-electron chi connectivity index (χ0n) is 13.6. The molecule has 1 aromatic carbocycles. The quantitative estimate of drug-likeness (QED) is 0.692. The lowest BCUT2D eigenvalue weighted by Crippen LogP contribution is -2.51. The number of benzene rings is 1. The zero-order valence-corrected chi connectivity index (χ0v) is 13.6. The van der Waals surface area contributed by atoms with Crippen LogP contribution < -0.4 is 5.32 Å². The van der Waals surface area contributed by atoms with Gasteiger partial charge in [-0.15, -0.1) is 0 Å². The molecular weight excluding hydrogens is 246 g/mol. The Balaban J connectivity index is 2.58. The van der Waals surface area contributed by atoms with E-state index in [2.05, 4.69) is 56.4 Å². The van der Waals surface area contributed by atoms with Gasteiger partial charge < -0.3 is 10.1 Å². The molecule has 0 bridgehead atoms. The van der Waals surface area contributed by atoms with Gasteiger partial charge in [-0.3, -0.25) is 0 Å². The topological polar surface area (TPSA) is 21.3 Å². The lowest BCUT2D eigenvalue weighted by Gasteiger charge is -2.39. The average molecular weight is 277 g/mol. The predicted octanol–water partition coefficient (Wildman–Crippen LogP) is 4.19. The van der Waals surface area contributed by atoms with Crippen LogP contribution in [0.4, 0.5) is 0 Å². The van der Waals surface area contributed by atoms with E-state index in [0.717, 1.165) is 32.2 Å². The highest BCUT2D eigenvalue weighted by Gasteiger charge is 2.34. The fraction of sp³-hybridized carbons (Fsp3) is 0.667. The van der Waals surface area contributed by atoms with Crippen LogP contribution in [-0.2, 0) is 11.2 Å². The minimum absolute atomic E-state index is 0.0211. The van der Waals surface area contributed by atoms with E-state index in [1.807, 2.05) is 7.11 Å². The van der Waals surface area contributed by atoms with Crippen molar-refractivity contribution < 1.29 is 4.74 Å². The van der Waals surface area contributed by atoms with E-state index in [9.17, 15) is 0 Å². The molecule has 20 heavy (non-hydrogen) atoms. The predicted molar refractivity (Wildman–Crippen MR) is 87.2 cm³/mol. The summed E-state index contributed by atoms with van der Waals surface area (Å²) in [5.41, 5.74) is 1.41. The van der Waals surface area contributed by atoms with E-state index in [1.165, 1.54) is 12.0 Å². The van der Waals surface area contributed by atoms with E-state index < -0.39 is 0 Å². The van der Waals surface area contributed by atoms with Gasteiger partial charge >= 0.3 is 0 Å². The Labute approximate surface area is 124 Å². The van der Waals surface area contributed by atoms with Crippen molar-refractivity contribution in [1.82, 2.24) is 5.32 Å². The third-order valence-corrected chi connectivity index (χ3v) is 4.49. The standard InChI is InChI=1S/C18H31NO/c1-5-18(6-2,20-4)17(19-7-3)15-11-14-16-12-9-8-10-13-16/h8-10,12-13,17,19H,5-7,11,14-15H2,1-4H3. The van der Waals surface area contributed by atoms with Gasteiger partial charge in [0.2, 0.25) is 0 Å². The van der Waals surface area contributed by atoms with E-state index in [0.29, 0.717) is 6.04 Å². The number of hydrogen-bond acceptors (Lipinski definition) is 2. The summed E-state index contributed by atoms with van der Waals surface area (Å²) in [6.45, 7) is 7.64. The third kappa shape index (κ3) is 4.60. The molecule has 0 aliphatic rings. The Morgan fingerprint density at radius 1 is 1.10 bits per heavy atom. The zero-order chi connectivity index (χ0) is 14.8. The van der Waals surface area contributed by atoms with E-state index in [1.54, 1.807) is 0 Å². The second-order valence-corrected chi connectivity index (χ2v) is 5.46. The molecule has 0 amide bonds. The Hall–Kier alpha value is -0.860. The highest BCUT2D eigenvalue weighted by molar-refractivity contribution is 5.14. The van der Waals surface area contributed by atoms with Crippen LogP contribution in [0.15, 0.2) is 30.3 Å². The van der Waals surface area contributed by atoms with Gasteiger partial charge in [-0.1, -0.05) is 51.1 Å². The molecule has 0 saturated carbocycles. The maximum Gasteiger partial charge on any atom is 0.0825 e. The fourth-order valence-corrected chi connectivity index (χ4v) is 3.13. The summed E-state index contributed by atoms with van der Waals surface area (Å²) in [4.78, 5) is 0. The van der Waals surface area contributed by atoms with Crippen LogP contribution >= 0.6 is 0 Å². The maximum atomic E-state index is 5.89. The summed E-state index contributed by atoms with van der Waals surface area (Å²) in [5, 5.41) is 3.64. The van der Waals surface area contributed by atoms with Gasteiger partial charge in [-0.25, -0.2) is 0 Å². The number of aryl methyl sites for hydroxylation is 1. The summed E-state index contributed by atoms with van der Waals surface area (Å²) in [6, 6.07) is 11.2.